The van der Waals surface area contributed by atoms with Crippen LogP contribution in [0.3, 0.4) is 0 Å². The number of nitrogens with zero attached hydrogens (tertiary/aromatic N) is 2. The van der Waals surface area contributed by atoms with Crippen LogP contribution < -0.4 is 20.2 Å². The molecule has 0 aliphatic carbocycles. The number of carbonyl (C=O) groups is 1. The van der Waals surface area contributed by atoms with Crippen molar-refractivity contribution in [1.29, 1.82) is 0 Å². The second kappa shape index (κ2) is 6.77. The summed E-state index contributed by atoms with van der Waals surface area (Å²) in [6, 6.07) is 13.4. The van der Waals surface area contributed by atoms with Gasteiger partial charge in [-0.05, 0) is 31.2 Å². The number of amides is 1. The van der Waals surface area contributed by atoms with E-state index in [1.165, 1.54) is 10.7 Å². The highest BCUT2D eigenvalue weighted by atomic mass is 35.5. The van der Waals surface area contributed by atoms with Crippen LogP contribution in [0.1, 0.15) is 16.2 Å². The van der Waals surface area contributed by atoms with Crippen molar-refractivity contribution in [3.8, 4) is 17.2 Å². The highest BCUT2D eigenvalue weighted by Gasteiger charge is 2.18. The minimum atomic E-state index is -0.625. The summed E-state index contributed by atoms with van der Waals surface area (Å²) in [5, 5.41) is 7.34. The van der Waals surface area contributed by atoms with E-state index in [1.54, 1.807) is 49.4 Å². The third kappa shape index (κ3) is 3.24. The average Bonchev–Trinajstić information content (AvgIpc) is 3.10. The Morgan fingerprint density at radius 2 is 1.93 bits per heavy atom. The number of rotatable bonds is 3. The summed E-state index contributed by atoms with van der Waals surface area (Å²) in [6.45, 7) is 1.85. The number of halogens is 1. The van der Waals surface area contributed by atoms with Crippen LogP contribution in [0.15, 0.2) is 53.3 Å². The molecule has 0 fully saturated rings. The van der Waals surface area contributed by atoms with Crippen LogP contribution in [0.25, 0.3) is 5.69 Å². The molecule has 1 aliphatic heterocycles. The molecule has 27 heavy (non-hydrogen) atoms. The Labute approximate surface area is 159 Å². The molecule has 2 aromatic carbocycles. The van der Waals surface area contributed by atoms with E-state index in [1.807, 2.05) is 0 Å². The van der Waals surface area contributed by atoms with Gasteiger partial charge < -0.3 is 14.8 Å². The summed E-state index contributed by atoms with van der Waals surface area (Å²) in [6.07, 6.45) is 0. The average molecular weight is 384 g/mol. The quantitative estimate of drug-likeness (QED) is 0.751. The molecule has 1 amide bonds. The molecule has 0 saturated heterocycles. The first-order chi connectivity index (χ1) is 13.0. The predicted molar refractivity (Wildman–Crippen MR) is 100 cm³/mol. The third-order valence-corrected chi connectivity index (χ3v) is 4.35. The number of aryl methyl sites for hydroxylation is 1. The van der Waals surface area contributed by atoms with Crippen LogP contribution in [0.5, 0.6) is 11.5 Å². The van der Waals surface area contributed by atoms with Crippen molar-refractivity contribution in [1.82, 2.24) is 9.78 Å². The summed E-state index contributed by atoms with van der Waals surface area (Å²) in [5.41, 5.74) is 0.893. The molecule has 2 heterocycles. The van der Waals surface area contributed by atoms with Crippen molar-refractivity contribution < 1.29 is 14.3 Å². The lowest BCUT2D eigenvalue weighted by Gasteiger charge is -2.12. The first kappa shape index (κ1) is 17.1. The van der Waals surface area contributed by atoms with Crippen molar-refractivity contribution in [3.63, 3.8) is 0 Å². The molecular weight excluding hydrogens is 370 g/mol. The van der Waals surface area contributed by atoms with E-state index < -0.39 is 11.3 Å². The van der Waals surface area contributed by atoms with Gasteiger partial charge in [-0.3, -0.25) is 9.59 Å². The summed E-state index contributed by atoms with van der Waals surface area (Å²) in [7, 11) is 0. The van der Waals surface area contributed by atoms with E-state index in [4.69, 9.17) is 21.1 Å². The Kier molecular flexibility index (Phi) is 4.29. The smallest absolute Gasteiger partial charge is 0.280 e. The zero-order valence-electron chi connectivity index (χ0n) is 14.2. The first-order valence-electron chi connectivity index (χ1n) is 8.10. The monoisotopic (exact) mass is 383 g/mol. The normalized spacial score (nSPS) is 12.1. The van der Waals surface area contributed by atoms with Crippen molar-refractivity contribution in [2.75, 3.05) is 12.1 Å². The van der Waals surface area contributed by atoms with Gasteiger partial charge in [-0.25, -0.2) is 4.68 Å². The Morgan fingerprint density at radius 3 is 2.74 bits per heavy atom. The number of hydrogen-bond acceptors (Lipinski definition) is 5. The maximum atomic E-state index is 12.6. The van der Waals surface area contributed by atoms with Gasteiger partial charge in [0, 0.05) is 23.5 Å². The largest absolute Gasteiger partial charge is 0.454 e. The molecule has 0 bridgehead atoms. The maximum absolute atomic E-state index is 12.6. The second-order valence-electron chi connectivity index (χ2n) is 5.88. The Hall–Kier alpha value is -3.32. The summed E-state index contributed by atoms with van der Waals surface area (Å²) >= 11 is 6.22. The van der Waals surface area contributed by atoms with Gasteiger partial charge in [0.25, 0.3) is 5.91 Å². The summed E-state index contributed by atoms with van der Waals surface area (Å²) < 4.78 is 12.0. The molecule has 7 nitrogen and oxygen atoms in total. The zero-order chi connectivity index (χ0) is 19.0. The van der Waals surface area contributed by atoms with E-state index in [9.17, 15) is 9.59 Å². The second-order valence-corrected chi connectivity index (χ2v) is 6.29. The number of carbonyl (C=O) groups excluding carboxylic acids is 1. The Morgan fingerprint density at radius 1 is 1.15 bits per heavy atom. The van der Waals surface area contributed by atoms with Gasteiger partial charge in [-0.1, -0.05) is 23.7 Å². The van der Waals surface area contributed by atoms with Gasteiger partial charge in [0.1, 0.15) is 0 Å². The number of nitrogens with one attached hydrogen (secondary N) is 1. The maximum Gasteiger partial charge on any atom is 0.280 e. The number of ether oxygens (including phenoxy) is 2. The Bertz CT molecular complexity index is 1110. The lowest BCUT2D eigenvalue weighted by Crippen LogP contribution is -2.27. The molecule has 136 valence electrons. The molecular formula is C19H14ClN3O4. The van der Waals surface area contributed by atoms with Gasteiger partial charge in [0.2, 0.25) is 12.2 Å². The molecule has 0 unspecified atom stereocenters. The van der Waals surface area contributed by atoms with Crippen LogP contribution in [0.2, 0.25) is 5.02 Å². The van der Waals surface area contributed by atoms with Crippen LogP contribution in [-0.4, -0.2) is 22.5 Å². The molecule has 1 N–H and O–H groups in total. The minimum Gasteiger partial charge on any atom is -0.454 e. The molecule has 1 aliphatic rings. The standard InChI is InChI=1S/C19H14ClN3O4/c1-11-8-15(24)18(22-23(11)14-5-3-2-4-13(14)20)19(25)21-12-6-7-16-17(9-12)27-10-26-16/h2-9H,10H2,1H3,(H,21,25). The highest BCUT2D eigenvalue weighted by molar-refractivity contribution is 6.32. The zero-order valence-corrected chi connectivity index (χ0v) is 15.0. The van der Waals surface area contributed by atoms with Gasteiger partial charge >= 0.3 is 0 Å². The van der Waals surface area contributed by atoms with Gasteiger partial charge in [-0.2, -0.15) is 5.10 Å². The topological polar surface area (TPSA) is 82.5 Å². The minimum absolute atomic E-state index is 0.134. The summed E-state index contributed by atoms with van der Waals surface area (Å²) in [5.74, 6) is 0.500. The molecule has 0 atom stereocenters. The van der Waals surface area contributed by atoms with Gasteiger partial charge in [0.15, 0.2) is 17.2 Å². The van der Waals surface area contributed by atoms with Gasteiger partial charge in [0.05, 0.1) is 10.7 Å². The first-order valence-corrected chi connectivity index (χ1v) is 8.47. The van der Waals surface area contributed by atoms with Crippen molar-refractivity contribution in [2.45, 2.75) is 6.92 Å². The summed E-state index contributed by atoms with van der Waals surface area (Å²) in [4.78, 5) is 24.9. The van der Waals surface area contributed by atoms with Crippen LogP contribution in [0, 0.1) is 6.92 Å². The number of hydrogen-bond donors (Lipinski definition) is 1. The number of anilines is 1. The lowest BCUT2D eigenvalue weighted by molar-refractivity contribution is 0.101. The molecule has 0 radical (unpaired) electrons. The number of aromatic nitrogens is 2. The van der Waals surface area contributed by atoms with E-state index in [0.29, 0.717) is 33.6 Å². The highest BCUT2D eigenvalue weighted by Crippen LogP contribution is 2.34. The van der Waals surface area contributed by atoms with E-state index in [0.717, 1.165) is 0 Å². The molecule has 8 heteroatoms. The van der Waals surface area contributed by atoms with Crippen molar-refractivity contribution in [2.24, 2.45) is 0 Å². The molecule has 4 rings (SSSR count). The molecule has 0 saturated carbocycles. The predicted octanol–water partition coefficient (Wildman–Crippen LogP) is 3.18. The lowest BCUT2D eigenvalue weighted by atomic mass is 10.2. The van der Waals surface area contributed by atoms with Crippen LogP contribution in [-0.2, 0) is 0 Å². The molecule has 1 aromatic heterocycles. The van der Waals surface area contributed by atoms with Crippen LogP contribution in [0.4, 0.5) is 5.69 Å². The fraction of sp³-hybridized carbons (Fsp3) is 0.105. The van der Waals surface area contributed by atoms with E-state index >= 15 is 0 Å². The van der Waals surface area contributed by atoms with Crippen molar-refractivity contribution in [3.05, 3.63) is 75.2 Å². The number of benzene rings is 2. The van der Waals surface area contributed by atoms with Crippen LogP contribution >= 0.6 is 11.6 Å². The van der Waals surface area contributed by atoms with Gasteiger partial charge in [-0.15, -0.1) is 0 Å². The molecule has 0 spiro atoms. The van der Waals surface area contributed by atoms with E-state index in [2.05, 4.69) is 10.4 Å². The Balaban J connectivity index is 1.69. The fourth-order valence-electron chi connectivity index (χ4n) is 2.74. The number of fused-ring (bicyclic) bond motifs is 1. The van der Waals surface area contributed by atoms with Crippen molar-refractivity contribution >= 4 is 23.2 Å². The van der Waals surface area contributed by atoms with E-state index in [-0.39, 0.29) is 12.5 Å². The molecule has 3 aromatic rings. The fourth-order valence-corrected chi connectivity index (χ4v) is 2.95. The third-order valence-electron chi connectivity index (χ3n) is 4.03. The number of para-hydroxylation sites is 1. The SMILES string of the molecule is Cc1cc(=O)c(C(=O)Nc2ccc3c(c2)OCO3)nn1-c1ccccc1Cl.